The fraction of sp³-hybridized carbons (Fsp3) is 0.600. The van der Waals surface area contributed by atoms with Crippen molar-refractivity contribution >= 4 is 21.6 Å². The summed E-state index contributed by atoms with van der Waals surface area (Å²) in [6.07, 6.45) is 5.28. The Balaban J connectivity index is 1.76. The van der Waals surface area contributed by atoms with Crippen LogP contribution >= 0.6 is 15.9 Å². The van der Waals surface area contributed by atoms with Crippen LogP contribution in [0.3, 0.4) is 0 Å². The predicted molar refractivity (Wildman–Crippen MR) is 79.9 cm³/mol. The molecule has 1 saturated carbocycles. The van der Waals surface area contributed by atoms with E-state index in [1.807, 2.05) is 0 Å². The van der Waals surface area contributed by atoms with E-state index in [4.69, 9.17) is 5.73 Å². The molecule has 98 valence electrons. The van der Waals surface area contributed by atoms with E-state index in [2.05, 4.69) is 39.0 Å². The van der Waals surface area contributed by atoms with Crippen molar-refractivity contribution < 1.29 is 0 Å². The molecule has 1 saturated heterocycles. The third-order valence-corrected chi connectivity index (χ3v) is 5.15. The van der Waals surface area contributed by atoms with Crippen LogP contribution < -0.4 is 10.6 Å². The minimum absolute atomic E-state index is 0.722. The summed E-state index contributed by atoms with van der Waals surface area (Å²) < 4.78 is 1.23. The Labute approximate surface area is 118 Å². The Bertz CT molecular complexity index is 421. The van der Waals surface area contributed by atoms with Crippen molar-refractivity contribution in [2.45, 2.75) is 25.7 Å². The summed E-state index contributed by atoms with van der Waals surface area (Å²) in [5, 5.41) is 0. The molecule has 0 spiro atoms. The highest BCUT2D eigenvalue weighted by Gasteiger charge is 2.36. The molecule has 0 radical (unpaired) electrons. The number of benzene rings is 1. The highest BCUT2D eigenvalue weighted by molar-refractivity contribution is 9.10. The molecule has 18 heavy (non-hydrogen) atoms. The summed E-state index contributed by atoms with van der Waals surface area (Å²) >= 11 is 3.72. The van der Waals surface area contributed by atoms with E-state index in [-0.39, 0.29) is 0 Å². The van der Waals surface area contributed by atoms with Gasteiger partial charge in [-0.2, -0.15) is 0 Å². The van der Waals surface area contributed by atoms with Crippen molar-refractivity contribution in [1.82, 2.24) is 0 Å². The van der Waals surface area contributed by atoms with Crippen molar-refractivity contribution in [2.24, 2.45) is 17.6 Å². The van der Waals surface area contributed by atoms with Crippen LogP contribution in [0.5, 0.6) is 0 Å². The van der Waals surface area contributed by atoms with E-state index in [0.717, 1.165) is 24.8 Å². The first-order valence-electron chi connectivity index (χ1n) is 7.01. The monoisotopic (exact) mass is 308 g/mol. The van der Waals surface area contributed by atoms with E-state index in [1.165, 1.54) is 48.1 Å². The van der Waals surface area contributed by atoms with Crippen LogP contribution in [-0.2, 0) is 6.42 Å². The van der Waals surface area contributed by atoms with Gasteiger partial charge in [0.2, 0.25) is 0 Å². The number of rotatable bonds is 3. The number of nitrogens with zero attached hydrogens (tertiary/aromatic N) is 1. The number of anilines is 1. The lowest BCUT2D eigenvalue weighted by Gasteiger charge is -2.21. The molecule has 2 atom stereocenters. The smallest absolute Gasteiger partial charge is 0.0511 e. The molecule has 2 unspecified atom stereocenters. The molecule has 3 rings (SSSR count). The lowest BCUT2D eigenvalue weighted by Crippen LogP contribution is -2.21. The van der Waals surface area contributed by atoms with Gasteiger partial charge in [0, 0.05) is 17.6 Å². The number of hydrogen-bond acceptors (Lipinski definition) is 2. The lowest BCUT2D eigenvalue weighted by atomic mass is 10.0. The van der Waals surface area contributed by atoms with Crippen molar-refractivity contribution in [2.75, 3.05) is 24.5 Å². The zero-order valence-corrected chi connectivity index (χ0v) is 12.3. The van der Waals surface area contributed by atoms with E-state index in [9.17, 15) is 0 Å². The molecule has 0 amide bonds. The van der Waals surface area contributed by atoms with Crippen molar-refractivity contribution in [1.29, 1.82) is 0 Å². The molecule has 1 aromatic carbocycles. The number of nitrogens with two attached hydrogens (primary N) is 1. The first-order chi connectivity index (χ1) is 8.78. The zero-order chi connectivity index (χ0) is 12.5. The average Bonchev–Trinajstić information content (AvgIpc) is 2.89. The van der Waals surface area contributed by atoms with Gasteiger partial charge in [0.15, 0.2) is 0 Å². The summed E-state index contributed by atoms with van der Waals surface area (Å²) in [6, 6.07) is 6.72. The summed E-state index contributed by atoms with van der Waals surface area (Å²) in [7, 11) is 0. The van der Waals surface area contributed by atoms with E-state index in [1.54, 1.807) is 0 Å². The standard InChI is InChI=1S/C15H21BrN2/c16-14-8-11(6-7-17)4-5-15(14)18-9-12-2-1-3-13(12)10-18/h4-5,8,12-13H,1-3,6-7,9-10,17H2. The Morgan fingerprint density at radius 1 is 1.22 bits per heavy atom. The Morgan fingerprint density at radius 2 is 1.94 bits per heavy atom. The second-order valence-electron chi connectivity index (χ2n) is 5.68. The molecule has 1 aromatic rings. The fourth-order valence-corrected chi connectivity index (χ4v) is 4.24. The molecule has 2 N–H and O–H groups in total. The second-order valence-corrected chi connectivity index (χ2v) is 6.53. The van der Waals surface area contributed by atoms with Crippen LogP contribution in [0.15, 0.2) is 22.7 Å². The molecule has 1 aliphatic heterocycles. The molecule has 2 nitrogen and oxygen atoms in total. The third-order valence-electron chi connectivity index (χ3n) is 4.51. The molecule has 1 aliphatic carbocycles. The number of fused-ring (bicyclic) bond motifs is 1. The van der Waals surface area contributed by atoms with Gasteiger partial charge in [0.1, 0.15) is 0 Å². The van der Waals surface area contributed by atoms with Gasteiger partial charge in [0.25, 0.3) is 0 Å². The maximum absolute atomic E-state index is 5.61. The van der Waals surface area contributed by atoms with Gasteiger partial charge in [-0.3, -0.25) is 0 Å². The van der Waals surface area contributed by atoms with Crippen molar-refractivity contribution in [3.63, 3.8) is 0 Å². The Kier molecular flexibility index (Phi) is 3.62. The molecule has 1 heterocycles. The third kappa shape index (κ3) is 2.30. The Hall–Kier alpha value is -0.540. The molecule has 2 fully saturated rings. The maximum atomic E-state index is 5.61. The summed E-state index contributed by atoms with van der Waals surface area (Å²) in [4.78, 5) is 2.56. The summed E-state index contributed by atoms with van der Waals surface area (Å²) in [6.45, 7) is 3.22. The summed E-state index contributed by atoms with van der Waals surface area (Å²) in [5.41, 5.74) is 8.30. The van der Waals surface area contributed by atoms with Gasteiger partial charge in [-0.05, 0) is 71.3 Å². The number of hydrogen-bond donors (Lipinski definition) is 1. The largest absolute Gasteiger partial charge is 0.370 e. The van der Waals surface area contributed by atoms with Crippen LogP contribution in [0.1, 0.15) is 24.8 Å². The van der Waals surface area contributed by atoms with E-state index >= 15 is 0 Å². The Morgan fingerprint density at radius 3 is 2.56 bits per heavy atom. The maximum Gasteiger partial charge on any atom is 0.0511 e. The highest BCUT2D eigenvalue weighted by Crippen LogP contribution is 2.41. The van der Waals surface area contributed by atoms with E-state index in [0.29, 0.717) is 0 Å². The van der Waals surface area contributed by atoms with Crippen LogP contribution in [0.4, 0.5) is 5.69 Å². The first-order valence-corrected chi connectivity index (χ1v) is 7.80. The zero-order valence-electron chi connectivity index (χ0n) is 10.7. The highest BCUT2D eigenvalue weighted by atomic mass is 79.9. The van der Waals surface area contributed by atoms with Gasteiger partial charge in [-0.25, -0.2) is 0 Å². The van der Waals surface area contributed by atoms with Crippen LogP contribution in [0.25, 0.3) is 0 Å². The van der Waals surface area contributed by atoms with Crippen LogP contribution in [0.2, 0.25) is 0 Å². The van der Waals surface area contributed by atoms with Crippen molar-refractivity contribution in [3.8, 4) is 0 Å². The molecular formula is C15H21BrN2. The minimum atomic E-state index is 0.722. The number of halogens is 1. The van der Waals surface area contributed by atoms with Crippen molar-refractivity contribution in [3.05, 3.63) is 28.2 Å². The minimum Gasteiger partial charge on any atom is -0.370 e. The SMILES string of the molecule is NCCc1ccc(N2CC3CCCC3C2)c(Br)c1. The fourth-order valence-electron chi connectivity index (χ4n) is 3.56. The van der Waals surface area contributed by atoms with Gasteiger partial charge in [-0.1, -0.05) is 12.5 Å². The van der Waals surface area contributed by atoms with Gasteiger partial charge in [0.05, 0.1) is 5.69 Å². The van der Waals surface area contributed by atoms with Gasteiger partial charge < -0.3 is 10.6 Å². The normalized spacial score (nSPS) is 26.7. The lowest BCUT2D eigenvalue weighted by molar-refractivity contribution is 0.494. The second kappa shape index (κ2) is 5.22. The topological polar surface area (TPSA) is 29.3 Å². The van der Waals surface area contributed by atoms with E-state index < -0.39 is 0 Å². The molecule has 3 heteroatoms. The van der Waals surface area contributed by atoms with Gasteiger partial charge >= 0.3 is 0 Å². The summed E-state index contributed by atoms with van der Waals surface area (Å²) in [5.74, 6) is 1.89. The quantitative estimate of drug-likeness (QED) is 0.929. The van der Waals surface area contributed by atoms with Crippen LogP contribution in [0, 0.1) is 11.8 Å². The molecule has 0 bridgehead atoms. The molecule has 0 aromatic heterocycles. The predicted octanol–water partition coefficient (Wildman–Crippen LogP) is 3.19. The van der Waals surface area contributed by atoms with Crippen LogP contribution in [-0.4, -0.2) is 19.6 Å². The molecular weight excluding hydrogens is 288 g/mol. The molecule has 2 aliphatic rings. The average molecular weight is 309 g/mol. The van der Waals surface area contributed by atoms with Gasteiger partial charge in [-0.15, -0.1) is 0 Å². The first kappa shape index (κ1) is 12.5.